The summed E-state index contributed by atoms with van der Waals surface area (Å²) in [7, 11) is 0. The van der Waals surface area contributed by atoms with E-state index in [9.17, 15) is 0 Å². The quantitative estimate of drug-likeness (QED) is 0.776. The van der Waals surface area contributed by atoms with Gasteiger partial charge < -0.3 is 5.32 Å². The largest absolute Gasteiger partial charge is 0.381 e. The van der Waals surface area contributed by atoms with Crippen molar-refractivity contribution >= 4 is 33.4 Å². The van der Waals surface area contributed by atoms with Crippen LogP contribution in [0.4, 0.5) is 5.69 Å². The Bertz CT molecular complexity index is 412. The second-order valence-electron chi connectivity index (χ2n) is 4.82. The maximum atomic E-state index is 3.66. The number of anilines is 1. The van der Waals surface area contributed by atoms with E-state index in [0.29, 0.717) is 11.5 Å². The summed E-state index contributed by atoms with van der Waals surface area (Å²) in [6, 6.07) is 7.25. The molecule has 0 amide bonds. The molecule has 0 bridgehead atoms. The standard InChI is InChI=1S/C13H16BrNS/c1-9-13(4-6-16-7-5-13)11-8-10(14)2-3-12(11)15-9/h2-3,8-9,15H,4-7H2,1H3. The predicted octanol–water partition coefficient (Wildman–Crippen LogP) is 4.03. The highest BCUT2D eigenvalue weighted by atomic mass is 79.9. The fourth-order valence-electron chi connectivity index (χ4n) is 3.10. The van der Waals surface area contributed by atoms with Gasteiger partial charge in [0.05, 0.1) is 0 Å². The van der Waals surface area contributed by atoms with Crippen LogP contribution in [0.2, 0.25) is 0 Å². The van der Waals surface area contributed by atoms with E-state index in [2.05, 4.69) is 58.1 Å². The van der Waals surface area contributed by atoms with Gasteiger partial charge in [-0.05, 0) is 55.0 Å². The van der Waals surface area contributed by atoms with Crippen LogP contribution in [-0.4, -0.2) is 17.5 Å². The highest BCUT2D eigenvalue weighted by molar-refractivity contribution is 9.10. The Hall–Kier alpha value is -0.150. The molecule has 3 rings (SSSR count). The van der Waals surface area contributed by atoms with E-state index in [1.54, 1.807) is 0 Å². The van der Waals surface area contributed by atoms with Crippen LogP contribution in [0.15, 0.2) is 22.7 Å². The van der Waals surface area contributed by atoms with Gasteiger partial charge in [-0.25, -0.2) is 0 Å². The third-order valence-electron chi connectivity index (χ3n) is 4.10. The van der Waals surface area contributed by atoms with Crippen molar-refractivity contribution in [1.29, 1.82) is 0 Å². The summed E-state index contributed by atoms with van der Waals surface area (Å²) in [6.07, 6.45) is 2.63. The van der Waals surface area contributed by atoms with Crippen LogP contribution >= 0.6 is 27.7 Å². The highest BCUT2D eigenvalue weighted by Crippen LogP contribution is 2.49. The molecule has 1 saturated heterocycles. The van der Waals surface area contributed by atoms with Gasteiger partial charge in [-0.3, -0.25) is 0 Å². The van der Waals surface area contributed by atoms with Gasteiger partial charge in [-0.2, -0.15) is 11.8 Å². The molecule has 2 heterocycles. The second-order valence-corrected chi connectivity index (χ2v) is 6.96. The smallest absolute Gasteiger partial charge is 0.0382 e. The molecule has 2 aliphatic rings. The number of hydrogen-bond donors (Lipinski definition) is 1. The summed E-state index contributed by atoms with van der Waals surface area (Å²) in [4.78, 5) is 0. The van der Waals surface area contributed by atoms with Crippen molar-refractivity contribution in [3.63, 3.8) is 0 Å². The molecule has 1 nitrogen and oxygen atoms in total. The molecule has 1 aromatic carbocycles. The van der Waals surface area contributed by atoms with Crippen LogP contribution in [0.1, 0.15) is 25.3 Å². The average Bonchev–Trinajstić information content (AvgIpc) is 2.55. The highest BCUT2D eigenvalue weighted by Gasteiger charge is 2.45. The Morgan fingerprint density at radius 1 is 1.38 bits per heavy atom. The first-order chi connectivity index (χ1) is 7.72. The monoisotopic (exact) mass is 297 g/mol. The molecule has 2 aliphatic heterocycles. The van der Waals surface area contributed by atoms with Gasteiger partial charge in [0.1, 0.15) is 0 Å². The van der Waals surface area contributed by atoms with Gasteiger partial charge in [-0.15, -0.1) is 0 Å². The van der Waals surface area contributed by atoms with E-state index in [0.717, 1.165) is 0 Å². The summed E-state index contributed by atoms with van der Waals surface area (Å²) < 4.78 is 1.21. The molecule has 0 radical (unpaired) electrons. The molecule has 1 N–H and O–H groups in total. The lowest BCUT2D eigenvalue weighted by atomic mass is 9.73. The average molecular weight is 298 g/mol. The number of nitrogens with one attached hydrogen (secondary N) is 1. The molecular formula is C13H16BrNS. The molecule has 0 aromatic heterocycles. The summed E-state index contributed by atoms with van der Waals surface area (Å²) in [6.45, 7) is 2.34. The fraction of sp³-hybridized carbons (Fsp3) is 0.538. The summed E-state index contributed by atoms with van der Waals surface area (Å²) >= 11 is 5.70. The third kappa shape index (κ3) is 1.52. The third-order valence-corrected chi connectivity index (χ3v) is 5.58. The van der Waals surface area contributed by atoms with Crippen LogP contribution in [0.25, 0.3) is 0 Å². The lowest BCUT2D eigenvalue weighted by molar-refractivity contribution is 0.368. The number of fused-ring (bicyclic) bond motifs is 2. The van der Waals surface area contributed by atoms with E-state index in [4.69, 9.17) is 0 Å². The van der Waals surface area contributed by atoms with Gasteiger partial charge >= 0.3 is 0 Å². The summed E-state index contributed by atoms with van der Waals surface area (Å²) in [5.74, 6) is 2.61. The topological polar surface area (TPSA) is 12.0 Å². The van der Waals surface area contributed by atoms with Gasteiger partial charge in [0.25, 0.3) is 0 Å². The second kappa shape index (κ2) is 3.95. The lowest BCUT2D eigenvalue weighted by Gasteiger charge is -2.37. The normalized spacial score (nSPS) is 26.5. The Labute approximate surface area is 110 Å². The van der Waals surface area contributed by atoms with Crippen molar-refractivity contribution in [3.8, 4) is 0 Å². The molecule has 1 aromatic rings. The molecule has 3 heteroatoms. The van der Waals surface area contributed by atoms with Crippen molar-refractivity contribution in [2.75, 3.05) is 16.8 Å². The molecule has 1 fully saturated rings. The van der Waals surface area contributed by atoms with Crippen molar-refractivity contribution in [2.24, 2.45) is 0 Å². The summed E-state index contributed by atoms with van der Waals surface area (Å²) in [5.41, 5.74) is 3.28. The Kier molecular flexibility index (Phi) is 2.71. The summed E-state index contributed by atoms with van der Waals surface area (Å²) in [5, 5.41) is 3.66. The van der Waals surface area contributed by atoms with Crippen LogP contribution < -0.4 is 5.32 Å². The van der Waals surface area contributed by atoms with E-state index < -0.39 is 0 Å². The fourth-order valence-corrected chi connectivity index (χ4v) is 4.68. The number of thioether (sulfide) groups is 1. The van der Waals surface area contributed by atoms with E-state index >= 15 is 0 Å². The first-order valence-corrected chi connectivity index (χ1v) is 7.81. The Balaban J connectivity index is 2.09. The zero-order valence-electron chi connectivity index (χ0n) is 9.42. The number of rotatable bonds is 0. The lowest BCUT2D eigenvalue weighted by Crippen LogP contribution is -2.39. The van der Waals surface area contributed by atoms with Crippen LogP contribution in [-0.2, 0) is 5.41 Å². The number of halogens is 1. The zero-order chi connectivity index (χ0) is 11.2. The number of hydrogen-bond acceptors (Lipinski definition) is 2. The molecule has 0 saturated carbocycles. The van der Waals surface area contributed by atoms with Crippen LogP contribution in [0, 0.1) is 0 Å². The van der Waals surface area contributed by atoms with E-state index in [1.807, 2.05) is 0 Å². The zero-order valence-corrected chi connectivity index (χ0v) is 11.8. The van der Waals surface area contributed by atoms with Gasteiger partial charge in [-0.1, -0.05) is 15.9 Å². The van der Waals surface area contributed by atoms with E-state index in [1.165, 1.54) is 40.1 Å². The molecule has 1 atom stereocenters. The first-order valence-electron chi connectivity index (χ1n) is 5.87. The van der Waals surface area contributed by atoms with Crippen molar-refractivity contribution in [1.82, 2.24) is 0 Å². The van der Waals surface area contributed by atoms with Crippen LogP contribution in [0.5, 0.6) is 0 Å². The molecule has 1 unspecified atom stereocenters. The van der Waals surface area contributed by atoms with Crippen molar-refractivity contribution in [2.45, 2.75) is 31.2 Å². The molecule has 16 heavy (non-hydrogen) atoms. The minimum Gasteiger partial charge on any atom is -0.381 e. The first kappa shape index (κ1) is 11.0. The molecular weight excluding hydrogens is 282 g/mol. The molecule has 1 spiro atoms. The minimum absolute atomic E-state index is 0.393. The molecule has 86 valence electrons. The van der Waals surface area contributed by atoms with E-state index in [-0.39, 0.29) is 0 Å². The van der Waals surface area contributed by atoms with Crippen LogP contribution in [0.3, 0.4) is 0 Å². The minimum atomic E-state index is 0.393. The van der Waals surface area contributed by atoms with Crippen molar-refractivity contribution < 1.29 is 0 Å². The Morgan fingerprint density at radius 3 is 2.88 bits per heavy atom. The maximum Gasteiger partial charge on any atom is 0.0382 e. The Morgan fingerprint density at radius 2 is 2.12 bits per heavy atom. The van der Waals surface area contributed by atoms with Gasteiger partial charge in [0.2, 0.25) is 0 Å². The molecule has 0 aliphatic carbocycles. The SMILES string of the molecule is CC1Nc2ccc(Br)cc2C12CCSCC2. The van der Waals surface area contributed by atoms with Gasteiger partial charge in [0, 0.05) is 21.6 Å². The predicted molar refractivity (Wildman–Crippen MR) is 75.5 cm³/mol. The van der Waals surface area contributed by atoms with Gasteiger partial charge in [0.15, 0.2) is 0 Å². The number of benzene rings is 1. The maximum absolute atomic E-state index is 3.66. The van der Waals surface area contributed by atoms with Crippen molar-refractivity contribution in [3.05, 3.63) is 28.2 Å².